The fourth-order valence-corrected chi connectivity index (χ4v) is 4.49. The molecule has 32 heavy (non-hydrogen) atoms. The number of nitrogens with zero attached hydrogens (tertiary/aromatic N) is 2. The smallest absolute Gasteiger partial charge is 0.231 e. The Morgan fingerprint density at radius 1 is 0.844 bits per heavy atom. The minimum Gasteiger partial charge on any atom is -0.497 e. The first-order chi connectivity index (χ1) is 15.6. The van der Waals surface area contributed by atoms with Gasteiger partial charge >= 0.3 is 0 Å². The number of hydrogen-bond donors (Lipinski definition) is 0. The number of thioether (sulfide) groups is 1. The molecule has 5 heteroatoms. The molecule has 0 saturated heterocycles. The number of benzene rings is 3. The maximum atomic E-state index is 13.4. The first kappa shape index (κ1) is 23.9. The Labute approximate surface area is 196 Å². The highest BCUT2D eigenvalue weighted by Crippen LogP contribution is 2.33. The lowest BCUT2D eigenvalue weighted by atomic mass is 10.1. The molecule has 0 fully saturated rings. The summed E-state index contributed by atoms with van der Waals surface area (Å²) in [6.45, 7) is 1.63. The van der Waals surface area contributed by atoms with Gasteiger partial charge in [0.2, 0.25) is 5.91 Å². The molecule has 0 aliphatic rings. The van der Waals surface area contributed by atoms with E-state index in [1.54, 1.807) is 18.9 Å². The molecule has 3 aromatic carbocycles. The first-order valence-corrected chi connectivity index (χ1v) is 11.9. The lowest BCUT2D eigenvalue weighted by molar-refractivity contribution is -0.118. The number of carbonyl (C=O) groups is 1. The van der Waals surface area contributed by atoms with Crippen molar-refractivity contribution in [3.05, 3.63) is 90.0 Å². The van der Waals surface area contributed by atoms with Crippen LogP contribution in [-0.2, 0) is 17.0 Å². The molecule has 0 aliphatic carbocycles. The number of rotatable bonds is 11. The summed E-state index contributed by atoms with van der Waals surface area (Å²) in [5.41, 5.74) is 3.25. The third-order valence-corrected chi connectivity index (χ3v) is 6.33. The van der Waals surface area contributed by atoms with Gasteiger partial charge in [0, 0.05) is 17.2 Å². The molecular formula is C27H32N2O2S. The zero-order valence-corrected chi connectivity index (χ0v) is 20.0. The predicted octanol–water partition coefficient (Wildman–Crippen LogP) is 5.51. The van der Waals surface area contributed by atoms with Crippen LogP contribution in [0.25, 0.3) is 0 Å². The molecule has 168 valence electrons. The van der Waals surface area contributed by atoms with E-state index in [9.17, 15) is 4.79 Å². The molecule has 0 heterocycles. The van der Waals surface area contributed by atoms with Crippen LogP contribution in [0.5, 0.6) is 5.75 Å². The fraction of sp³-hybridized carbons (Fsp3) is 0.296. The molecule has 0 N–H and O–H groups in total. The number of ether oxygens (including phenoxy) is 1. The predicted molar refractivity (Wildman–Crippen MR) is 135 cm³/mol. The van der Waals surface area contributed by atoms with E-state index in [0.29, 0.717) is 13.0 Å². The van der Waals surface area contributed by atoms with Crippen LogP contribution in [0.3, 0.4) is 0 Å². The molecule has 3 aromatic rings. The Morgan fingerprint density at radius 3 is 2.22 bits per heavy atom. The molecule has 4 nitrogen and oxygen atoms in total. The highest BCUT2D eigenvalue weighted by Gasteiger charge is 2.19. The van der Waals surface area contributed by atoms with Crippen molar-refractivity contribution < 1.29 is 9.53 Å². The fourth-order valence-electron chi connectivity index (χ4n) is 3.48. The monoisotopic (exact) mass is 448 g/mol. The van der Waals surface area contributed by atoms with Gasteiger partial charge in [-0.2, -0.15) is 0 Å². The lowest BCUT2D eigenvalue weighted by Gasteiger charge is -2.26. The van der Waals surface area contributed by atoms with Gasteiger partial charge in [-0.1, -0.05) is 54.6 Å². The second-order valence-electron chi connectivity index (χ2n) is 7.97. The van der Waals surface area contributed by atoms with E-state index >= 15 is 0 Å². The molecule has 1 amide bonds. The summed E-state index contributed by atoms with van der Waals surface area (Å²) in [4.78, 5) is 18.7. The van der Waals surface area contributed by atoms with Gasteiger partial charge in [-0.05, 0) is 62.5 Å². The number of methoxy groups -OCH3 is 1. The van der Waals surface area contributed by atoms with E-state index in [4.69, 9.17) is 4.74 Å². The summed E-state index contributed by atoms with van der Waals surface area (Å²) < 4.78 is 5.24. The SMILES string of the molecule is COc1ccc(CC(=O)N(CCCN(C)C)c2ccccc2SCc2ccccc2)cc1. The van der Waals surface area contributed by atoms with Crippen molar-refractivity contribution in [2.45, 2.75) is 23.5 Å². The van der Waals surface area contributed by atoms with Crippen molar-refractivity contribution in [3.8, 4) is 5.75 Å². The van der Waals surface area contributed by atoms with Gasteiger partial charge < -0.3 is 14.5 Å². The Morgan fingerprint density at radius 2 is 1.53 bits per heavy atom. The van der Waals surface area contributed by atoms with Crippen molar-refractivity contribution in [2.75, 3.05) is 39.2 Å². The number of hydrogen-bond acceptors (Lipinski definition) is 4. The van der Waals surface area contributed by atoms with Crippen molar-refractivity contribution in [2.24, 2.45) is 0 Å². The van der Waals surface area contributed by atoms with Crippen LogP contribution >= 0.6 is 11.8 Å². The molecule has 0 atom stereocenters. The van der Waals surface area contributed by atoms with E-state index in [2.05, 4.69) is 55.4 Å². The summed E-state index contributed by atoms with van der Waals surface area (Å²) in [6.07, 6.45) is 1.28. The molecule has 0 unspecified atom stereocenters. The summed E-state index contributed by atoms with van der Waals surface area (Å²) in [6, 6.07) is 26.4. The van der Waals surface area contributed by atoms with E-state index in [0.717, 1.165) is 40.6 Å². The molecule has 0 bridgehead atoms. The molecule has 0 saturated carbocycles. The Bertz CT molecular complexity index is 974. The number of para-hydroxylation sites is 1. The average molecular weight is 449 g/mol. The topological polar surface area (TPSA) is 32.8 Å². The number of anilines is 1. The molecular weight excluding hydrogens is 416 g/mol. The molecule has 0 radical (unpaired) electrons. The Hall–Kier alpha value is -2.76. The van der Waals surface area contributed by atoms with Gasteiger partial charge in [-0.3, -0.25) is 4.79 Å². The van der Waals surface area contributed by atoms with E-state index in [1.807, 2.05) is 47.4 Å². The van der Waals surface area contributed by atoms with Gasteiger partial charge in [-0.25, -0.2) is 0 Å². The van der Waals surface area contributed by atoms with Crippen LogP contribution < -0.4 is 9.64 Å². The minimum atomic E-state index is 0.113. The molecule has 3 rings (SSSR count). The number of carbonyl (C=O) groups excluding carboxylic acids is 1. The van der Waals surface area contributed by atoms with Crippen LogP contribution in [0.4, 0.5) is 5.69 Å². The van der Waals surface area contributed by atoms with Gasteiger partial charge in [0.25, 0.3) is 0 Å². The normalized spacial score (nSPS) is 10.9. The maximum absolute atomic E-state index is 13.4. The highest BCUT2D eigenvalue weighted by atomic mass is 32.2. The molecule has 0 spiro atoms. The third-order valence-electron chi connectivity index (χ3n) is 5.20. The largest absolute Gasteiger partial charge is 0.497 e. The minimum absolute atomic E-state index is 0.113. The second kappa shape index (κ2) is 12.3. The van der Waals surface area contributed by atoms with Crippen LogP contribution in [-0.4, -0.2) is 45.1 Å². The zero-order chi connectivity index (χ0) is 22.8. The third kappa shape index (κ3) is 7.14. The van der Waals surface area contributed by atoms with Crippen LogP contribution in [0, 0.1) is 0 Å². The quantitative estimate of drug-likeness (QED) is 0.362. The van der Waals surface area contributed by atoms with Gasteiger partial charge in [0.15, 0.2) is 0 Å². The summed E-state index contributed by atoms with van der Waals surface area (Å²) >= 11 is 1.78. The van der Waals surface area contributed by atoms with E-state index in [1.165, 1.54) is 5.56 Å². The number of amides is 1. The van der Waals surface area contributed by atoms with Gasteiger partial charge in [0.1, 0.15) is 5.75 Å². The highest BCUT2D eigenvalue weighted by molar-refractivity contribution is 7.98. The second-order valence-corrected chi connectivity index (χ2v) is 8.99. The summed E-state index contributed by atoms with van der Waals surface area (Å²) in [5.74, 6) is 1.78. The Kier molecular flexibility index (Phi) is 9.20. The lowest BCUT2D eigenvalue weighted by Crippen LogP contribution is -2.35. The van der Waals surface area contributed by atoms with Gasteiger partial charge in [0.05, 0.1) is 19.2 Å². The van der Waals surface area contributed by atoms with Crippen LogP contribution in [0.2, 0.25) is 0 Å². The van der Waals surface area contributed by atoms with Crippen LogP contribution in [0.15, 0.2) is 83.8 Å². The molecule has 0 aliphatic heterocycles. The van der Waals surface area contributed by atoms with Crippen molar-refractivity contribution in [1.82, 2.24) is 4.90 Å². The average Bonchev–Trinajstić information content (AvgIpc) is 2.82. The van der Waals surface area contributed by atoms with Crippen molar-refractivity contribution in [1.29, 1.82) is 0 Å². The Balaban J connectivity index is 1.79. The summed E-state index contributed by atoms with van der Waals surface area (Å²) in [5, 5.41) is 0. The zero-order valence-electron chi connectivity index (χ0n) is 19.2. The van der Waals surface area contributed by atoms with E-state index < -0.39 is 0 Å². The van der Waals surface area contributed by atoms with Gasteiger partial charge in [-0.15, -0.1) is 11.8 Å². The van der Waals surface area contributed by atoms with Crippen LogP contribution in [0.1, 0.15) is 17.5 Å². The first-order valence-electron chi connectivity index (χ1n) is 10.9. The van der Waals surface area contributed by atoms with E-state index in [-0.39, 0.29) is 5.91 Å². The molecule has 0 aromatic heterocycles. The maximum Gasteiger partial charge on any atom is 0.231 e. The summed E-state index contributed by atoms with van der Waals surface area (Å²) in [7, 11) is 5.77. The standard InChI is InChI=1S/C27H32N2O2S/c1-28(2)18-9-19-29(27(30)20-22-14-16-24(31-3)17-15-22)25-12-7-8-13-26(25)32-21-23-10-5-4-6-11-23/h4-8,10-17H,9,18-21H2,1-3H3. The van der Waals surface area contributed by atoms with Crippen molar-refractivity contribution >= 4 is 23.4 Å². The van der Waals surface area contributed by atoms with Crippen molar-refractivity contribution in [3.63, 3.8) is 0 Å².